The average Bonchev–Trinajstić information content (AvgIpc) is 2.41. The van der Waals surface area contributed by atoms with Gasteiger partial charge in [-0.15, -0.1) is 0 Å². The lowest BCUT2D eigenvalue weighted by molar-refractivity contribution is -0.139. The van der Waals surface area contributed by atoms with E-state index in [2.05, 4.69) is 20.6 Å². The van der Waals surface area contributed by atoms with Crippen LogP contribution in [0.2, 0.25) is 0 Å². The summed E-state index contributed by atoms with van der Waals surface area (Å²) >= 11 is 0. The summed E-state index contributed by atoms with van der Waals surface area (Å²) in [5.74, 6) is -1.86. The van der Waals surface area contributed by atoms with Crippen molar-refractivity contribution in [2.24, 2.45) is 5.73 Å². The van der Waals surface area contributed by atoms with E-state index in [0.29, 0.717) is 5.69 Å². The molecule has 0 fully saturated rings. The molecule has 108 valence electrons. The molecule has 0 spiro atoms. The van der Waals surface area contributed by atoms with Gasteiger partial charge in [-0.3, -0.25) is 4.79 Å². The number of urea groups is 1. The number of aromatic nitrogens is 2. The van der Waals surface area contributed by atoms with E-state index >= 15 is 0 Å². The van der Waals surface area contributed by atoms with Crippen molar-refractivity contribution >= 4 is 17.9 Å². The highest BCUT2D eigenvalue weighted by Crippen LogP contribution is 1.97. The second kappa shape index (κ2) is 7.67. The first kappa shape index (κ1) is 15.3. The Morgan fingerprint density at radius 1 is 1.40 bits per heavy atom. The second-order valence-electron chi connectivity index (χ2n) is 3.92. The predicted molar refractivity (Wildman–Crippen MR) is 67.3 cm³/mol. The van der Waals surface area contributed by atoms with Gasteiger partial charge in [0.05, 0.1) is 12.2 Å². The third kappa shape index (κ3) is 5.76. The first-order chi connectivity index (χ1) is 9.49. The van der Waals surface area contributed by atoms with Crippen molar-refractivity contribution in [3.8, 4) is 0 Å². The Bertz CT molecular complexity index is 479. The summed E-state index contributed by atoms with van der Waals surface area (Å²) in [5, 5.41) is 13.6. The highest BCUT2D eigenvalue weighted by atomic mass is 16.4. The monoisotopic (exact) mass is 281 g/mol. The van der Waals surface area contributed by atoms with Gasteiger partial charge in [0.1, 0.15) is 12.4 Å². The first-order valence-corrected chi connectivity index (χ1v) is 5.79. The number of aliphatic carboxylic acids is 1. The molecule has 0 bridgehead atoms. The number of carbonyl (C=O) groups excluding carboxylic acids is 2. The van der Waals surface area contributed by atoms with Crippen LogP contribution in [0.1, 0.15) is 18.5 Å². The van der Waals surface area contributed by atoms with E-state index in [-0.39, 0.29) is 19.4 Å². The molecule has 20 heavy (non-hydrogen) atoms. The number of nitrogens with zero attached hydrogens (tertiary/aromatic N) is 2. The molecule has 1 aromatic heterocycles. The molecule has 1 atom stereocenters. The van der Waals surface area contributed by atoms with Crippen LogP contribution < -0.4 is 16.4 Å². The number of hydrogen-bond acceptors (Lipinski definition) is 5. The maximum absolute atomic E-state index is 11.5. The van der Waals surface area contributed by atoms with E-state index in [9.17, 15) is 14.4 Å². The number of carbonyl (C=O) groups is 3. The van der Waals surface area contributed by atoms with Gasteiger partial charge in [0.25, 0.3) is 0 Å². The van der Waals surface area contributed by atoms with Crippen LogP contribution in [-0.2, 0) is 16.1 Å². The van der Waals surface area contributed by atoms with Gasteiger partial charge >= 0.3 is 12.0 Å². The SMILES string of the molecule is NC(=O)CC[C@H](NC(=O)NCc1ccncn1)C(=O)O. The second-order valence-corrected chi connectivity index (χ2v) is 3.92. The number of carboxylic acid groups (broad SMARTS) is 1. The molecule has 9 heteroatoms. The number of primary amides is 1. The van der Waals surface area contributed by atoms with E-state index in [4.69, 9.17) is 10.8 Å². The molecular formula is C11H15N5O4. The molecule has 0 aliphatic heterocycles. The van der Waals surface area contributed by atoms with Gasteiger partial charge in [0, 0.05) is 12.6 Å². The maximum Gasteiger partial charge on any atom is 0.326 e. The maximum atomic E-state index is 11.5. The van der Waals surface area contributed by atoms with Crippen LogP contribution >= 0.6 is 0 Å². The molecule has 1 heterocycles. The zero-order chi connectivity index (χ0) is 15.0. The minimum Gasteiger partial charge on any atom is -0.480 e. The minimum absolute atomic E-state index is 0.0639. The number of nitrogens with two attached hydrogens (primary N) is 1. The molecule has 9 nitrogen and oxygen atoms in total. The van der Waals surface area contributed by atoms with Gasteiger partial charge in [0.15, 0.2) is 0 Å². The van der Waals surface area contributed by atoms with Crippen LogP contribution in [0, 0.1) is 0 Å². The standard InChI is InChI=1S/C11H15N5O4/c12-9(17)2-1-8(10(18)19)16-11(20)14-5-7-3-4-13-6-15-7/h3-4,6,8H,1-2,5H2,(H2,12,17)(H,18,19)(H2,14,16,20)/t8-/m0/s1. The number of nitrogens with one attached hydrogen (secondary N) is 2. The van der Waals surface area contributed by atoms with Crippen LogP contribution in [0.15, 0.2) is 18.6 Å². The summed E-state index contributed by atoms with van der Waals surface area (Å²) in [7, 11) is 0. The topological polar surface area (TPSA) is 147 Å². The van der Waals surface area contributed by atoms with Crippen molar-refractivity contribution in [1.29, 1.82) is 0 Å². The summed E-state index contributed by atoms with van der Waals surface area (Å²) in [5.41, 5.74) is 5.51. The minimum atomic E-state index is -1.23. The number of carboxylic acids is 1. The van der Waals surface area contributed by atoms with E-state index in [1.54, 1.807) is 6.07 Å². The van der Waals surface area contributed by atoms with Gasteiger partial charge in [-0.2, -0.15) is 0 Å². The van der Waals surface area contributed by atoms with Crippen LogP contribution in [0.5, 0.6) is 0 Å². The molecule has 1 rings (SSSR count). The van der Waals surface area contributed by atoms with Crippen LogP contribution in [0.4, 0.5) is 4.79 Å². The highest BCUT2D eigenvalue weighted by Gasteiger charge is 2.20. The quantitative estimate of drug-likeness (QED) is 0.503. The molecule has 1 aromatic rings. The fourth-order valence-corrected chi connectivity index (χ4v) is 1.35. The number of hydrogen-bond donors (Lipinski definition) is 4. The van der Waals surface area contributed by atoms with Gasteiger partial charge < -0.3 is 21.5 Å². The van der Waals surface area contributed by atoms with E-state index in [0.717, 1.165) is 0 Å². The van der Waals surface area contributed by atoms with Crippen molar-refractivity contribution in [3.63, 3.8) is 0 Å². The molecule has 0 saturated carbocycles. The Labute approximate surface area is 114 Å². The molecule has 0 radical (unpaired) electrons. The number of rotatable bonds is 7. The summed E-state index contributed by atoms with van der Waals surface area (Å²) < 4.78 is 0. The van der Waals surface area contributed by atoms with Gasteiger partial charge in [-0.25, -0.2) is 19.6 Å². The van der Waals surface area contributed by atoms with E-state index < -0.39 is 23.9 Å². The van der Waals surface area contributed by atoms with E-state index in [1.807, 2.05) is 0 Å². The predicted octanol–water partition coefficient (Wildman–Crippen LogP) is -1.01. The van der Waals surface area contributed by atoms with Gasteiger partial charge in [-0.1, -0.05) is 0 Å². The van der Waals surface area contributed by atoms with Crippen molar-refractivity contribution in [2.75, 3.05) is 0 Å². The van der Waals surface area contributed by atoms with Crippen molar-refractivity contribution in [3.05, 3.63) is 24.3 Å². The zero-order valence-electron chi connectivity index (χ0n) is 10.6. The summed E-state index contributed by atoms with van der Waals surface area (Å²) in [6, 6.07) is -0.226. The Morgan fingerprint density at radius 3 is 2.70 bits per heavy atom. The Hall–Kier alpha value is -2.71. The largest absolute Gasteiger partial charge is 0.480 e. The zero-order valence-corrected chi connectivity index (χ0v) is 10.6. The first-order valence-electron chi connectivity index (χ1n) is 5.79. The van der Waals surface area contributed by atoms with Crippen molar-refractivity contribution in [1.82, 2.24) is 20.6 Å². The molecule has 5 N–H and O–H groups in total. The molecule has 0 aliphatic rings. The molecule has 0 aromatic carbocycles. The smallest absolute Gasteiger partial charge is 0.326 e. The lowest BCUT2D eigenvalue weighted by atomic mass is 10.1. The molecule has 3 amide bonds. The van der Waals surface area contributed by atoms with Crippen molar-refractivity contribution in [2.45, 2.75) is 25.4 Å². The molecule has 0 saturated heterocycles. The van der Waals surface area contributed by atoms with Gasteiger partial charge in [-0.05, 0) is 12.5 Å². The summed E-state index contributed by atoms with van der Waals surface area (Å²) in [6.45, 7) is 0.135. The molecular weight excluding hydrogens is 266 g/mol. The van der Waals surface area contributed by atoms with Gasteiger partial charge in [0.2, 0.25) is 5.91 Å². The Balaban J connectivity index is 2.41. The normalized spacial score (nSPS) is 11.4. The van der Waals surface area contributed by atoms with E-state index in [1.165, 1.54) is 12.5 Å². The lowest BCUT2D eigenvalue weighted by Crippen LogP contribution is -2.46. The molecule has 0 aliphatic carbocycles. The van der Waals surface area contributed by atoms with Crippen LogP contribution in [-0.4, -0.2) is 39.0 Å². The Morgan fingerprint density at radius 2 is 2.15 bits per heavy atom. The summed E-state index contributed by atoms with van der Waals surface area (Å²) in [6.07, 6.45) is 2.67. The summed E-state index contributed by atoms with van der Waals surface area (Å²) in [4.78, 5) is 40.7. The highest BCUT2D eigenvalue weighted by molar-refractivity contribution is 5.83. The van der Waals surface area contributed by atoms with Crippen LogP contribution in [0.3, 0.4) is 0 Å². The third-order valence-electron chi connectivity index (χ3n) is 2.36. The third-order valence-corrected chi connectivity index (χ3v) is 2.36. The molecule has 0 unspecified atom stereocenters. The lowest BCUT2D eigenvalue weighted by Gasteiger charge is -2.14. The fourth-order valence-electron chi connectivity index (χ4n) is 1.35. The van der Waals surface area contributed by atoms with Crippen LogP contribution in [0.25, 0.3) is 0 Å². The average molecular weight is 281 g/mol. The van der Waals surface area contributed by atoms with Crippen molar-refractivity contribution < 1.29 is 19.5 Å². The number of amides is 3. The fraction of sp³-hybridized carbons (Fsp3) is 0.364. The Kier molecular flexibility index (Phi) is 5.88.